The molecule has 2 N–H and O–H groups in total. The van der Waals surface area contributed by atoms with E-state index in [4.69, 9.17) is 5.11 Å². The number of carbonyl (C=O) groups excluding carboxylic acids is 1. The second kappa shape index (κ2) is 6.70. The quantitative estimate of drug-likeness (QED) is 0.885. The number of rotatable bonds is 5. The third-order valence-corrected chi connectivity index (χ3v) is 4.52. The van der Waals surface area contributed by atoms with Crippen LogP contribution in [0.15, 0.2) is 23.6 Å². The normalized spacial score (nSPS) is 12.0. The number of amides is 1. The summed E-state index contributed by atoms with van der Waals surface area (Å²) in [7, 11) is 0. The van der Waals surface area contributed by atoms with Crippen molar-refractivity contribution in [3.63, 3.8) is 0 Å². The molecule has 0 aliphatic heterocycles. The molecule has 0 aliphatic rings. The summed E-state index contributed by atoms with van der Waals surface area (Å²) in [6.07, 6.45) is 0.825. The van der Waals surface area contributed by atoms with E-state index in [9.17, 15) is 9.59 Å². The number of nitrogens with one attached hydrogen (secondary N) is 1. The summed E-state index contributed by atoms with van der Waals surface area (Å²) in [5.74, 6) is -1.76. The number of hydrogen-bond acceptors (Lipinski definition) is 4. The Labute approximate surface area is 133 Å². The molecule has 2 rings (SSSR count). The summed E-state index contributed by atoms with van der Waals surface area (Å²) in [5, 5.41) is 13.8. The van der Waals surface area contributed by atoms with Crippen LogP contribution in [0.5, 0.6) is 0 Å². The van der Waals surface area contributed by atoms with Crippen molar-refractivity contribution in [1.29, 1.82) is 0 Å². The Bertz CT molecular complexity index is 709. The number of carboxylic acid groups (broad SMARTS) is 1. The van der Waals surface area contributed by atoms with Gasteiger partial charge < -0.3 is 10.4 Å². The number of anilines is 1. The van der Waals surface area contributed by atoms with E-state index in [1.165, 1.54) is 16.7 Å². The topological polar surface area (TPSA) is 79.3 Å². The van der Waals surface area contributed by atoms with Crippen LogP contribution in [0.1, 0.15) is 46.4 Å². The molecule has 0 saturated carbocycles. The molecule has 5 nitrogen and oxygen atoms in total. The van der Waals surface area contributed by atoms with Crippen molar-refractivity contribution >= 4 is 28.9 Å². The molecule has 116 valence electrons. The van der Waals surface area contributed by atoms with Crippen LogP contribution < -0.4 is 5.32 Å². The molecular formula is C16H18N2O3S. The first-order chi connectivity index (χ1) is 10.4. The molecule has 0 spiro atoms. The van der Waals surface area contributed by atoms with Gasteiger partial charge in [0.1, 0.15) is 5.01 Å². The number of carbonyl (C=O) groups is 2. The van der Waals surface area contributed by atoms with Crippen LogP contribution >= 0.6 is 11.3 Å². The van der Waals surface area contributed by atoms with Crippen LogP contribution in [-0.2, 0) is 11.2 Å². The number of nitrogens with zero attached hydrogens (tertiary/aromatic N) is 1. The van der Waals surface area contributed by atoms with Gasteiger partial charge >= 0.3 is 5.97 Å². The Morgan fingerprint density at radius 3 is 2.73 bits per heavy atom. The lowest BCUT2D eigenvalue weighted by Crippen LogP contribution is -2.20. The molecule has 1 aromatic carbocycles. The van der Waals surface area contributed by atoms with Crippen LogP contribution in [0.2, 0.25) is 0 Å². The number of aromatic nitrogens is 1. The van der Waals surface area contributed by atoms with E-state index >= 15 is 0 Å². The third kappa shape index (κ3) is 3.33. The highest BCUT2D eigenvalue weighted by atomic mass is 32.1. The number of benzene rings is 1. The lowest BCUT2D eigenvalue weighted by Gasteiger charge is -2.15. The van der Waals surface area contributed by atoms with Crippen molar-refractivity contribution in [2.24, 2.45) is 0 Å². The molecule has 0 unspecified atom stereocenters. The molecule has 1 amide bonds. The van der Waals surface area contributed by atoms with E-state index in [0.717, 1.165) is 23.2 Å². The van der Waals surface area contributed by atoms with Crippen molar-refractivity contribution in [2.45, 2.75) is 33.1 Å². The van der Waals surface area contributed by atoms with Crippen molar-refractivity contribution in [3.8, 4) is 0 Å². The molecule has 2 aromatic rings. The molecule has 1 aromatic heterocycles. The van der Waals surface area contributed by atoms with Gasteiger partial charge in [0.25, 0.3) is 0 Å². The van der Waals surface area contributed by atoms with Gasteiger partial charge in [0.2, 0.25) is 5.91 Å². The number of hydrogen-bond donors (Lipinski definition) is 2. The van der Waals surface area contributed by atoms with Crippen molar-refractivity contribution < 1.29 is 14.7 Å². The standard InChI is InChI=1S/C16H18N2O3S/c1-4-11-7-5-6-9(2)13(11)18-14(19)10(3)15-17-12(8-22-15)16(20)21/h5-8,10H,4H2,1-3H3,(H,18,19)(H,20,21)/t10-/m1/s1. The largest absolute Gasteiger partial charge is 0.476 e. The number of carboxylic acids is 1. The summed E-state index contributed by atoms with van der Waals surface area (Å²) >= 11 is 1.19. The van der Waals surface area contributed by atoms with E-state index in [0.29, 0.717) is 5.01 Å². The highest BCUT2D eigenvalue weighted by Gasteiger charge is 2.21. The first kappa shape index (κ1) is 16.2. The average molecular weight is 318 g/mol. The minimum Gasteiger partial charge on any atom is -0.476 e. The minimum atomic E-state index is -1.08. The molecule has 22 heavy (non-hydrogen) atoms. The van der Waals surface area contributed by atoms with Crippen molar-refractivity contribution in [1.82, 2.24) is 4.98 Å². The summed E-state index contributed by atoms with van der Waals surface area (Å²) in [6, 6.07) is 5.90. The molecule has 0 fully saturated rings. The van der Waals surface area contributed by atoms with E-state index in [1.54, 1.807) is 6.92 Å². The fourth-order valence-corrected chi connectivity index (χ4v) is 2.98. The predicted octanol–water partition coefficient (Wildman–Crippen LogP) is 3.45. The summed E-state index contributed by atoms with van der Waals surface area (Å²) < 4.78 is 0. The van der Waals surface area contributed by atoms with E-state index in [2.05, 4.69) is 10.3 Å². The Morgan fingerprint density at radius 2 is 2.14 bits per heavy atom. The van der Waals surface area contributed by atoms with Gasteiger partial charge in [0.15, 0.2) is 5.69 Å². The van der Waals surface area contributed by atoms with E-state index in [-0.39, 0.29) is 11.6 Å². The van der Waals surface area contributed by atoms with Gasteiger partial charge in [-0.25, -0.2) is 9.78 Å². The first-order valence-electron chi connectivity index (χ1n) is 7.02. The third-order valence-electron chi connectivity index (χ3n) is 3.49. The van der Waals surface area contributed by atoms with Crippen LogP contribution in [0.4, 0.5) is 5.69 Å². The molecule has 0 saturated heterocycles. The Balaban J connectivity index is 2.19. The fraction of sp³-hybridized carbons (Fsp3) is 0.312. The number of para-hydroxylation sites is 1. The van der Waals surface area contributed by atoms with E-state index < -0.39 is 11.9 Å². The molecule has 1 atom stereocenters. The summed E-state index contributed by atoms with van der Waals surface area (Å²) in [4.78, 5) is 27.3. The molecule has 1 heterocycles. The monoisotopic (exact) mass is 318 g/mol. The smallest absolute Gasteiger partial charge is 0.355 e. The van der Waals surface area contributed by atoms with Crippen LogP contribution in [0.25, 0.3) is 0 Å². The minimum absolute atomic E-state index is 0.0233. The van der Waals surface area contributed by atoms with Crippen LogP contribution in [-0.4, -0.2) is 22.0 Å². The molecule has 6 heteroatoms. The maximum Gasteiger partial charge on any atom is 0.355 e. The Hall–Kier alpha value is -2.21. The van der Waals surface area contributed by atoms with Crippen LogP contribution in [0.3, 0.4) is 0 Å². The highest BCUT2D eigenvalue weighted by molar-refractivity contribution is 7.10. The van der Waals surface area contributed by atoms with Gasteiger partial charge in [0, 0.05) is 11.1 Å². The van der Waals surface area contributed by atoms with Gasteiger partial charge in [0.05, 0.1) is 5.92 Å². The van der Waals surface area contributed by atoms with Gasteiger partial charge in [-0.3, -0.25) is 4.79 Å². The van der Waals surface area contributed by atoms with Gasteiger partial charge in [-0.2, -0.15) is 0 Å². The second-order valence-electron chi connectivity index (χ2n) is 5.05. The van der Waals surface area contributed by atoms with Gasteiger partial charge in [-0.1, -0.05) is 25.1 Å². The molecular weight excluding hydrogens is 300 g/mol. The van der Waals surface area contributed by atoms with Crippen molar-refractivity contribution in [3.05, 3.63) is 45.4 Å². The first-order valence-corrected chi connectivity index (χ1v) is 7.90. The zero-order valence-corrected chi connectivity index (χ0v) is 13.5. The predicted molar refractivity (Wildman–Crippen MR) is 86.7 cm³/mol. The van der Waals surface area contributed by atoms with Crippen LogP contribution in [0, 0.1) is 6.92 Å². The lowest BCUT2D eigenvalue weighted by atomic mass is 10.0. The SMILES string of the molecule is CCc1cccc(C)c1NC(=O)[C@@H](C)c1nc(C(=O)O)cs1. The van der Waals surface area contributed by atoms with E-state index in [1.807, 2.05) is 32.0 Å². The number of thiazole rings is 1. The Morgan fingerprint density at radius 1 is 1.41 bits per heavy atom. The number of aromatic carboxylic acids is 1. The maximum absolute atomic E-state index is 12.4. The zero-order valence-electron chi connectivity index (χ0n) is 12.7. The Kier molecular flexibility index (Phi) is 4.92. The molecule has 0 radical (unpaired) electrons. The second-order valence-corrected chi connectivity index (χ2v) is 5.94. The van der Waals surface area contributed by atoms with Gasteiger partial charge in [-0.05, 0) is 31.4 Å². The zero-order chi connectivity index (χ0) is 16.3. The summed E-state index contributed by atoms with van der Waals surface area (Å²) in [6.45, 7) is 5.71. The van der Waals surface area contributed by atoms with Crippen molar-refractivity contribution in [2.75, 3.05) is 5.32 Å². The summed E-state index contributed by atoms with van der Waals surface area (Å²) in [5.41, 5.74) is 2.89. The fourth-order valence-electron chi connectivity index (χ4n) is 2.13. The highest BCUT2D eigenvalue weighted by Crippen LogP contribution is 2.25. The lowest BCUT2D eigenvalue weighted by molar-refractivity contribution is -0.117. The number of aryl methyl sites for hydroxylation is 2. The molecule has 0 bridgehead atoms. The average Bonchev–Trinajstić information content (AvgIpc) is 2.98. The maximum atomic E-state index is 12.4. The molecule has 0 aliphatic carbocycles. The van der Waals surface area contributed by atoms with Gasteiger partial charge in [-0.15, -0.1) is 11.3 Å².